The third-order valence-electron chi connectivity index (χ3n) is 3.10. The molecule has 1 N–H and O–H groups in total. The maximum Gasteiger partial charge on any atom is 0.306 e. The van der Waals surface area contributed by atoms with Gasteiger partial charge in [-0.15, -0.1) is 0 Å². The lowest BCUT2D eigenvalue weighted by Gasteiger charge is -2.10. The molecule has 1 amide bonds. The molecule has 1 heterocycles. The summed E-state index contributed by atoms with van der Waals surface area (Å²) < 4.78 is 11.6. The van der Waals surface area contributed by atoms with Crippen molar-refractivity contribution < 1.29 is 19.2 Å². The molecule has 0 radical (unpaired) electrons. The first kappa shape index (κ1) is 16.3. The van der Waals surface area contributed by atoms with E-state index in [0.29, 0.717) is 23.6 Å². The molecular weight excluding hydrogens is 304 g/mol. The molecule has 0 atom stereocenters. The van der Waals surface area contributed by atoms with E-state index in [9.17, 15) is 14.9 Å². The fourth-order valence-corrected chi connectivity index (χ4v) is 1.93. The van der Waals surface area contributed by atoms with Crippen molar-refractivity contribution >= 4 is 11.6 Å². The number of hydrogen-bond donors (Lipinski definition) is 1. The number of benzene rings is 1. The molecule has 122 valence electrons. The number of amides is 1. The molecule has 0 aliphatic rings. The molecule has 1 aromatic carbocycles. The van der Waals surface area contributed by atoms with Crippen LogP contribution in [-0.2, 0) is 6.54 Å². The van der Waals surface area contributed by atoms with E-state index in [-0.39, 0.29) is 18.1 Å². The molecular formula is C14H16N4O5. The molecule has 0 aliphatic carbocycles. The van der Waals surface area contributed by atoms with E-state index in [0.717, 1.165) is 6.20 Å². The zero-order chi connectivity index (χ0) is 16.8. The predicted molar refractivity (Wildman–Crippen MR) is 80.8 cm³/mol. The van der Waals surface area contributed by atoms with Crippen molar-refractivity contribution in [3.63, 3.8) is 0 Å². The summed E-state index contributed by atoms with van der Waals surface area (Å²) in [5, 5.41) is 17.1. The van der Waals surface area contributed by atoms with E-state index in [4.69, 9.17) is 9.47 Å². The number of nitrogens with one attached hydrogen (secondary N) is 1. The normalized spacial score (nSPS) is 10.2. The van der Waals surface area contributed by atoms with Gasteiger partial charge in [-0.25, -0.2) is 0 Å². The fourth-order valence-electron chi connectivity index (χ4n) is 1.93. The van der Waals surface area contributed by atoms with E-state index in [2.05, 4.69) is 10.4 Å². The van der Waals surface area contributed by atoms with Crippen LogP contribution in [-0.4, -0.2) is 41.4 Å². The average Bonchev–Trinajstić information content (AvgIpc) is 3.03. The monoisotopic (exact) mass is 320 g/mol. The quantitative estimate of drug-likeness (QED) is 0.607. The van der Waals surface area contributed by atoms with Gasteiger partial charge in [0.25, 0.3) is 5.91 Å². The maximum atomic E-state index is 12.1. The van der Waals surface area contributed by atoms with Crippen LogP contribution in [0.4, 0.5) is 5.69 Å². The molecule has 9 heteroatoms. The van der Waals surface area contributed by atoms with Crippen LogP contribution < -0.4 is 14.8 Å². The molecule has 0 bridgehead atoms. The number of nitrogens with zero attached hydrogens (tertiary/aromatic N) is 3. The van der Waals surface area contributed by atoms with E-state index < -0.39 is 4.92 Å². The van der Waals surface area contributed by atoms with Crippen LogP contribution in [0.2, 0.25) is 0 Å². The van der Waals surface area contributed by atoms with Crippen LogP contribution in [0.3, 0.4) is 0 Å². The van der Waals surface area contributed by atoms with Crippen molar-refractivity contribution in [2.45, 2.75) is 6.54 Å². The molecule has 9 nitrogen and oxygen atoms in total. The smallest absolute Gasteiger partial charge is 0.306 e. The minimum atomic E-state index is -0.522. The highest BCUT2D eigenvalue weighted by atomic mass is 16.6. The number of nitro groups is 1. The van der Waals surface area contributed by atoms with Crippen LogP contribution in [0, 0.1) is 10.1 Å². The molecule has 2 aromatic rings. The second-order valence-electron chi connectivity index (χ2n) is 4.54. The zero-order valence-corrected chi connectivity index (χ0v) is 12.7. The Labute approximate surface area is 132 Å². The van der Waals surface area contributed by atoms with Crippen LogP contribution in [0.25, 0.3) is 0 Å². The van der Waals surface area contributed by atoms with Gasteiger partial charge in [-0.3, -0.25) is 19.6 Å². The summed E-state index contributed by atoms with van der Waals surface area (Å²) in [5.41, 5.74) is 0.338. The average molecular weight is 320 g/mol. The Kier molecular flexibility index (Phi) is 5.13. The number of aromatic nitrogens is 2. The summed E-state index contributed by atoms with van der Waals surface area (Å²) >= 11 is 0. The summed E-state index contributed by atoms with van der Waals surface area (Å²) in [5.74, 6) is 0.711. The van der Waals surface area contributed by atoms with Gasteiger partial charge in [0.05, 0.1) is 25.7 Å². The minimum absolute atomic E-state index is 0.0868. The molecule has 1 aromatic heterocycles. The number of carbonyl (C=O) groups is 1. The van der Waals surface area contributed by atoms with Crippen molar-refractivity contribution in [1.82, 2.24) is 15.1 Å². The first-order chi connectivity index (χ1) is 11.0. The third-order valence-corrected chi connectivity index (χ3v) is 3.10. The molecule has 0 saturated carbocycles. The molecule has 23 heavy (non-hydrogen) atoms. The highest BCUT2D eigenvalue weighted by Gasteiger charge is 2.11. The predicted octanol–water partition coefficient (Wildman–Crippen LogP) is 1.24. The van der Waals surface area contributed by atoms with Crippen LogP contribution in [0.15, 0.2) is 30.6 Å². The summed E-state index contributed by atoms with van der Waals surface area (Å²) in [6.07, 6.45) is 2.47. The Hall–Kier alpha value is -3.10. The summed E-state index contributed by atoms with van der Waals surface area (Å²) in [7, 11) is 3.00. The van der Waals surface area contributed by atoms with Gasteiger partial charge < -0.3 is 14.8 Å². The second-order valence-corrected chi connectivity index (χ2v) is 4.54. The Balaban J connectivity index is 1.92. The van der Waals surface area contributed by atoms with Crippen molar-refractivity contribution in [2.24, 2.45) is 0 Å². The van der Waals surface area contributed by atoms with Gasteiger partial charge in [-0.1, -0.05) is 0 Å². The Morgan fingerprint density at radius 2 is 2.09 bits per heavy atom. The molecule has 0 fully saturated rings. The number of carbonyl (C=O) groups excluding carboxylic acids is 1. The van der Waals surface area contributed by atoms with Crippen molar-refractivity contribution in [2.75, 3.05) is 20.8 Å². The van der Waals surface area contributed by atoms with Crippen molar-refractivity contribution in [3.05, 3.63) is 46.3 Å². The Morgan fingerprint density at radius 3 is 2.70 bits per heavy atom. The first-order valence-electron chi connectivity index (χ1n) is 6.72. The van der Waals surface area contributed by atoms with Gasteiger partial charge in [-0.05, 0) is 18.2 Å². The number of hydrogen-bond acceptors (Lipinski definition) is 6. The number of ether oxygens (including phenoxy) is 2. The Morgan fingerprint density at radius 1 is 1.35 bits per heavy atom. The van der Waals surface area contributed by atoms with Crippen molar-refractivity contribution in [1.29, 1.82) is 0 Å². The zero-order valence-electron chi connectivity index (χ0n) is 12.7. The minimum Gasteiger partial charge on any atom is -0.493 e. The number of rotatable bonds is 7. The standard InChI is InChI=1S/C14H16N4O5/c1-22-12-4-3-10(7-13(12)23-2)14(19)15-5-6-17-9-11(8-16-17)18(20)21/h3-4,7-9H,5-6H2,1-2H3,(H,15,19). The maximum absolute atomic E-state index is 12.1. The molecule has 0 aliphatic heterocycles. The summed E-state index contributed by atoms with van der Waals surface area (Å²) in [6.45, 7) is 0.610. The molecule has 0 saturated heterocycles. The van der Waals surface area contributed by atoms with E-state index in [1.54, 1.807) is 18.2 Å². The topological polar surface area (TPSA) is 109 Å². The SMILES string of the molecule is COc1ccc(C(=O)NCCn2cc([N+](=O)[O-])cn2)cc1OC. The molecule has 2 rings (SSSR count). The van der Waals surface area contributed by atoms with Gasteiger partial charge in [0, 0.05) is 12.1 Å². The number of methoxy groups -OCH3 is 2. The van der Waals surface area contributed by atoms with E-state index in [1.165, 1.54) is 25.1 Å². The summed E-state index contributed by atoms with van der Waals surface area (Å²) in [6, 6.07) is 4.84. The molecule has 0 spiro atoms. The lowest BCUT2D eigenvalue weighted by atomic mass is 10.2. The second kappa shape index (κ2) is 7.25. The first-order valence-corrected chi connectivity index (χ1v) is 6.72. The lowest BCUT2D eigenvalue weighted by Crippen LogP contribution is -2.27. The van der Waals surface area contributed by atoms with Crippen LogP contribution >= 0.6 is 0 Å². The fraction of sp³-hybridized carbons (Fsp3) is 0.286. The van der Waals surface area contributed by atoms with Gasteiger partial charge in [0.2, 0.25) is 0 Å². The molecule has 0 unspecified atom stereocenters. The van der Waals surface area contributed by atoms with Gasteiger partial charge in [0.1, 0.15) is 12.4 Å². The largest absolute Gasteiger partial charge is 0.493 e. The lowest BCUT2D eigenvalue weighted by molar-refractivity contribution is -0.385. The van der Waals surface area contributed by atoms with Crippen LogP contribution in [0.5, 0.6) is 11.5 Å². The third kappa shape index (κ3) is 3.96. The van der Waals surface area contributed by atoms with Gasteiger partial charge in [0.15, 0.2) is 11.5 Å². The van der Waals surface area contributed by atoms with Gasteiger partial charge in [-0.2, -0.15) is 5.10 Å². The summed E-state index contributed by atoms with van der Waals surface area (Å²) in [4.78, 5) is 22.1. The highest BCUT2D eigenvalue weighted by molar-refractivity contribution is 5.94. The van der Waals surface area contributed by atoms with E-state index in [1.807, 2.05) is 0 Å². The van der Waals surface area contributed by atoms with Gasteiger partial charge >= 0.3 is 5.69 Å². The van der Waals surface area contributed by atoms with E-state index >= 15 is 0 Å². The van der Waals surface area contributed by atoms with Crippen molar-refractivity contribution in [3.8, 4) is 11.5 Å². The van der Waals surface area contributed by atoms with Crippen LogP contribution in [0.1, 0.15) is 10.4 Å². The highest BCUT2D eigenvalue weighted by Crippen LogP contribution is 2.27. The Bertz CT molecular complexity index is 713.